The molecule has 2 N–H and O–H groups in total. The van der Waals surface area contributed by atoms with Gasteiger partial charge in [0.1, 0.15) is 0 Å². The smallest absolute Gasteiger partial charge is 0.0860 e. The first-order chi connectivity index (χ1) is 13.1. The van der Waals surface area contributed by atoms with Crippen molar-refractivity contribution >= 4 is 41.9 Å². The summed E-state index contributed by atoms with van der Waals surface area (Å²) >= 11 is 4.60. The van der Waals surface area contributed by atoms with Crippen molar-refractivity contribution in [2.45, 2.75) is 31.6 Å². The number of allylic oxidation sites excluding steroid dienone is 4. The van der Waals surface area contributed by atoms with Gasteiger partial charge in [-0.25, -0.2) is 4.99 Å². The number of nitrogens with zero attached hydrogens (tertiary/aromatic N) is 1. The SMILES string of the molecule is C=Cc1ccc(C2=C(c3ccc(N=CN)c(S)c3)C=CCC2CC)cc1C. The normalized spacial score (nSPS) is 16.9. The maximum absolute atomic E-state index is 5.43. The Kier molecular flexibility index (Phi) is 6.02. The number of rotatable bonds is 5. The standard InChI is InChI=1S/C24H26N2S/c1-4-17-9-10-20(13-16(17)3)24-18(5-2)7-6-8-21(24)19-11-12-22(26-15-25)23(27)14-19/h4,6,8-15,18,27H,1,5,7H2,2-3H3,(H2,25,26). The number of nitrogens with two attached hydrogens (primary N) is 1. The zero-order valence-electron chi connectivity index (χ0n) is 15.9. The number of aliphatic imine (C=N–C) groups is 1. The van der Waals surface area contributed by atoms with Gasteiger partial charge in [0.05, 0.1) is 12.0 Å². The lowest BCUT2D eigenvalue weighted by Crippen LogP contribution is -2.08. The van der Waals surface area contributed by atoms with Crippen molar-refractivity contribution in [3.63, 3.8) is 0 Å². The number of hydrogen-bond acceptors (Lipinski definition) is 2. The van der Waals surface area contributed by atoms with Crippen LogP contribution >= 0.6 is 12.6 Å². The Morgan fingerprint density at radius 1 is 1.22 bits per heavy atom. The molecule has 3 rings (SSSR count). The van der Waals surface area contributed by atoms with Gasteiger partial charge in [0.2, 0.25) is 0 Å². The van der Waals surface area contributed by atoms with Crippen LogP contribution in [0.5, 0.6) is 0 Å². The molecule has 0 spiro atoms. The molecule has 1 atom stereocenters. The van der Waals surface area contributed by atoms with E-state index >= 15 is 0 Å². The molecule has 2 aromatic carbocycles. The Hall–Kier alpha value is -2.52. The van der Waals surface area contributed by atoms with Crippen LogP contribution in [0.4, 0.5) is 5.69 Å². The van der Waals surface area contributed by atoms with Crippen molar-refractivity contribution in [3.8, 4) is 0 Å². The Bertz CT molecular complexity index is 951. The fourth-order valence-electron chi connectivity index (χ4n) is 3.74. The van der Waals surface area contributed by atoms with E-state index in [1.165, 1.54) is 34.2 Å². The molecule has 2 aromatic rings. The van der Waals surface area contributed by atoms with E-state index in [0.717, 1.165) is 29.0 Å². The highest BCUT2D eigenvalue weighted by Gasteiger charge is 2.21. The number of aryl methyl sites for hydroxylation is 1. The molecule has 0 amide bonds. The molecule has 0 fully saturated rings. The molecular weight excluding hydrogens is 348 g/mol. The van der Waals surface area contributed by atoms with E-state index < -0.39 is 0 Å². The summed E-state index contributed by atoms with van der Waals surface area (Å²) in [5.74, 6) is 0.504. The average molecular weight is 375 g/mol. The minimum absolute atomic E-state index is 0.504. The summed E-state index contributed by atoms with van der Waals surface area (Å²) in [6.45, 7) is 8.31. The van der Waals surface area contributed by atoms with E-state index in [1.807, 2.05) is 12.1 Å². The monoisotopic (exact) mass is 374 g/mol. The second kappa shape index (κ2) is 8.45. The van der Waals surface area contributed by atoms with Gasteiger partial charge in [0.15, 0.2) is 0 Å². The molecule has 0 aromatic heterocycles. The second-order valence-electron chi connectivity index (χ2n) is 6.83. The number of benzene rings is 2. The molecule has 3 heteroatoms. The van der Waals surface area contributed by atoms with Crippen LogP contribution < -0.4 is 5.73 Å². The summed E-state index contributed by atoms with van der Waals surface area (Å²) in [5, 5.41) is 0. The van der Waals surface area contributed by atoms with Crippen LogP contribution in [0.2, 0.25) is 0 Å². The van der Waals surface area contributed by atoms with Crippen molar-refractivity contribution < 1.29 is 0 Å². The van der Waals surface area contributed by atoms with Crippen molar-refractivity contribution in [2.75, 3.05) is 0 Å². The number of hydrogen-bond donors (Lipinski definition) is 2. The highest BCUT2D eigenvalue weighted by Crippen LogP contribution is 2.41. The van der Waals surface area contributed by atoms with Gasteiger partial charge in [0.25, 0.3) is 0 Å². The van der Waals surface area contributed by atoms with E-state index in [1.54, 1.807) is 0 Å². The predicted octanol–water partition coefficient (Wildman–Crippen LogP) is 6.44. The van der Waals surface area contributed by atoms with Crippen LogP contribution in [0.3, 0.4) is 0 Å². The molecular formula is C24H26N2S. The van der Waals surface area contributed by atoms with Crippen LogP contribution in [-0.4, -0.2) is 6.34 Å². The van der Waals surface area contributed by atoms with Gasteiger partial charge in [-0.15, -0.1) is 12.6 Å². The maximum atomic E-state index is 5.43. The van der Waals surface area contributed by atoms with Gasteiger partial charge in [0, 0.05) is 4.90 Å². The first kappa shape index (κ1) is 19.2. The molecule has 2 nitrogen and oxygen atoms in total. The quantitative estimate of drug-likeness (QED) is 0.353. The van der Waals surface area contributed by atoms with Gasteiger partial charge in [-0.05, 0) is 71.2 Å². The fraction of sp³-hybridized carbons (Fsp3) is 0.208. The molecule has 0 saturated carbocycles. The molecule has 0 radical (unpaired) electrons. The molecule has 0 saturated heterocycles. The Balaban J connectivity index is 2.19. The van der Waals surface area contributed by atoms with Crippen molar-refractivity contribution in [1.82, 2.24) is 0 Å². The highest BCUT2D eigenvalue weighted by atomic mass is 32.1. The lowest BCUT2D eigenvalue weighted by molar-refractivity contribution is 0.653. The van der Waals surface area contributed by atoms with Gasteiger partial charge in [-0.2, -0.15) is 0 Å². The lowest BCUT2D eigenvalue weighted by Gasteiger charge is -2.26. The first-order valence-electron chi connectivity index (χ1n) is 9.30. The van der Waals surface area contributed by atoms with Gasteiger partial charge < -0.3 is 5.73 Å². The van der Waals surface area contributed by atoms with Crippen molar-refractivity contribution in [3.05, 3.63) is 77.4 Å². The zero-order valence-corrected chi connectivity index (χ0v) is 16.8. The third kappa shape index (κ3) is 3.93. The van der Waals surface area contributed by atoms with Crippen LogP contribution in [0, 0.1) is 12.8 Å². The van der Waals surface area contributed by atoms with Crippen molar-refractivity contribution in [2.24, 2.45) is 16.6 Å². The first-order valence-corrected chi connectivity index (χ1v) is 9.75. The second-order valence-corrected chi connectivity index (χ2v) is 7.31. The Morgan fingerprint density at radius 3 is 2.63 bits per heavy atom. The van der Waals surface area contributed by atoms with Crippen LogP contribution in [0.1, 0.15) is 42.0 Å². The summed E-state index contributed by atoms with van der Waals surface area (Å²) in [7, 11) is 0. The minimum atomic E-state index is 0.504. The van der Waals surface area contributed by atoms with Crippen LogP contribution in [0.25, 0.3) is 17.2 Å². The Morgan fingerprint density at radius 2 is 2.00 bits per heavy atom. The largest absolute Gasteiger partial charge is 0.390 e. The van der Waals surface area contributed by atoms with Crippen molar-refractivity contribution in [1.29, 1.82) is 0 Å². The van der Waals surface area contributed by atoms with Crippen LogP contribution in [-0.2, 0) is 0 Å². The average Bonchev–Trinajstić information content (AvgIpc) is 2.69. The lowest BCUT2D eigenvalue weighted by atomic mass is 9.79. The summed E-state index contributed by atoms with van der Waals surface area (Å²) in [5.41, 5.74) is 13.8. The van der Waals surface area contributed by atoms with Gasteiger partial charge in [-0.3, -0.25) is 0 Å². The molecule has 0 bridgehead atoms. The Labute approximate surface area is 167 Å². The molecule has 1 aliphatic carbocycles. The van der Waals surface area contributed by atoms with Gasteiger partial charge in [-0.1, -0.05) is 56.0 Å². The summed E-state index contributed by atoms with van der Waals surface area (Å²) in [6, 6.07) is 12.8. The third-order valence-corrected chi connectivity index (χ3v) is 5.56. The molecule has 0 aliphatic heterocycles. The molecule has 0 heterocycles. The highest BCUT2D eigenvalue weighted by molar-refractivity contribution is 7.80. The fourth-order valence-corrected chi connectivity index (χ4v) is 4.02. The van der Waals surface area contributed by atoms with E-state index in [9.17, 15) is 0 Å². The topological polar surface area (TPSA) is 38.4 Å². The summed E-state index contributed by atoms with van der Waals surface area (Å²) in [4.78, 5) is 4.99. The minimum Gasteiger partial charge on any atom is -0.390 e. The van der Waals surface area contributed by atoms with E-state index in [4.69, 9.17) is 5.73 Å². The van der Waals surface area contributed by atoms with E-state index in [-0.39, 0.29) is 0 Å². The van der Waals surface area contributed by atoms with Crippen LogP contribution in [0.15, 0.2) is 65.0 Å². The molecule has 27 heavy (non-hydrogen) atoms. The summed E-state index contributed by atoms with van der Waals surface area (Å²) < 4.78 is 0. The maximum Gasteiger partial charge on any atom is 0.0860 e. The van der Waals surface area contributed by atoms with E-state index in [0.29, 0.717) is 5.92 Å². The molecule has 138 valence electrons. The molecule has 1 unspecified atom stereocenters. The third-order valence-electron chi connectivity index (χ3n) is 5.20. The van der Waals surface area contributed by atoms with Gasteiger partial charge >= 0.3 is 0 Å². The molecule has 1 aliphatic rings. The zero-order chi connectivity index (χ0) is 19.4. The van der Waals surface area contributed by atoms with E-state index in [2.05, 4.69) is 80.5 Å². The number of thiol groups is 1. The summed E-state index contributed by atoms with van der Waals surface area (Å²) in [6.07, 6.45) is 9.91. The predicted molar refractivity (Wildman–Crippen MR) is 122 cm³/mol.